The van der Waals surface area contributed by atoms with Crippen molar-refractivity contribution in [1.29, 1.82) is 0 Å². The summed E-state index contributed by atoms with van der Waals surface area (Å²) in [5, 5.41) is 0. The molecule has 0 heterocycles. The van der Waals surface area contributed by atoms with Gasteiger partial charge in [-0.3, -0.25) is 0 Å². The molecule has 14 heavy (non-hydrogen) atoms. The van der Waals surface area contributed by atoms with Gasteiger partial charge in [-0.2, -0.15) is 8.42 Å². The maximum Gasteiger partial charge on any atom is 0.338 e. The van der Waals surface area contributed by atoms with Crippen LogP contribution in [-0.2, 0) is 14.3 Å². The van der Waals surface area contributed by atoms with Gasteiger partial charge in [-0.15, -0.1) is 0 Å². The Balaban J connectivity index is 2.99. The summed E-state index contributed by atoms with van der Waals surface area (Å²) in [6, 6.07) is 8.06. The standard InChI is InChI=1S/C10H12O3S/c1-3-9(2)13-14(11,12)10-7-5-4-6-8-10/h3-8H,1-2H3/b9-3+. The number of benzene rings is 1. The lowest BCUT2D eigenvalue weighted by Gasteiger charge is -2.05. The van der Waals surface area contributed by atoms with E-state index in [1.807, 2.05) is 0 Å². The minimum atomic E-state index is -3.64. The van der Waals surface area contributed by atoms with Crippen LogP contribution in [0.1, 0.15) is 13.8 Å². The summed E-state index contributed by atoms with van der Waals surface area (Å²) in [7, 11) is -3.64. The topological polar surface area (TPSA) is 43.4 Å². The Morgan fingerprint density at radius 1 is 1.29 bits per heavy atom. The largest absolute Gasteiger partial charge is 0.384 e. The molecule has 1 rings (SSSR count). The van der Waals surface area contributed by atoms with E-state index in [1.165, 1.54) is 12.1 Å². The van der Waals surface area contributed by atoms with E-state index in [-0.39, 0.29) is 4.90 Å². The van der Waals surface area contributed by atoms with Gasteiger partial charge < -0.3 is 4.18 Å². The lowest BCUT2D eigenvalue weighted by molar-refractivity contribution is 0.407. The zero-order valence-electron chi connectivity index (χ0n) is 8.10. The van der Waals surface area contributed by atoms with Crippen LogP contribution in [0.3, 0.4) is 0 Å². The van der Waals surface area contributed by atoms with Crippen LogP contribution >= 0.6 is 0 Å². The number of hydrogen-bond acceptors (Lipinski definition) is 3. The van der Waals surface area contributed by atoms with Gasteiger partial charge >= 0.3 is 10.1 Å². The van der Waals surface area contributed by atoms with Crippen molar-refractivity contribution in [3.05, 3.63) is 42.2 Å². The molecule has 0 aliphatic heterocycles. The highest BCUT2D eigenvalue weighted by molar-refractivity contribution is 7.86. The fraction of sp³-hybridized carbons (Fsp3) is 0.200. The Morgan fingerprint density at radius 3 is 2.36 bits per heavy atom. The second kappa shape index (κ2) is 4.28. The molecular formula is C10H12O3S. The molecule has 0 bridgehead atoms. The van der Waals surface area contributed by atoms with Gasteiger partial charge in [0.15, 0.2) is 0 Å². The zero-order chi connectivity index (χ0) is 10.6. The van der Waals surface area contributed by atoms with Crippen LogP contribution in [0.4, 0.5) is 0 Å². The third-order valence-electron chi connectivity index (χ3n) is 1.68. The van der Waals surface area contributed by atoms with Crippen LogP contribution in [0.15, 0.2) is 47.1 Å². The molecule has 4 heteroatoms. The summed E-state index contributed by atoms with van der Waals surface area (Å²) >= 11 is 0. The maximum absolute atomic E-state index is 11.5. The number of hydrogen-bond donors (Lipinski definition) is 0. The Labute approximate surface area is 84.1 Å². The van der Waals surface area contributed by atoms with Crippen LogP contribution in [0, 0.1) is 0 Å². The summed E-state index contributed by atoms with van der Waals surface area (Å²) in [5.41, 5.74) is 0. The van der Waals surface area contributed by atoms with E-state index >= 15 is 0 Å². The first-order valence-electron chi connectivity index (χ1n) is 4.18. The van der Waals surface area contributed by atoms with E-state index in [0.717, 1.165) is 0 Å². The van der Waals surface area contributed by atoms with Crippen molar-refractivity contribution in [2.24, 2.45) is 0 Å². The number of allylic oxidation sites excluding steroid dienone is 2. The highest BCUT2D eigenvalue weighted by atomic mass is 32.2. The highest BCUT2D eigenvalue weighted by Gasteiger charge is 2.14. The molecule has 0 saturated heterocycles. The molecule has 0 N–H and O–H groups in total. The fourth-order valence-electron chi connectivity index (χ4n) is 0.856. The Kier molecular flexibility index (Phi) is 3.30. The lowest BCUT2D eigenvalue weighted by Crippen LogP contribution is -2.04. The van der Waals surface area contributed by atoms with Crippen LogP contribution in [0.25, 0.3) is 0 Å². The minimum absolute atomic E-state index is 0.168. The van der Waals surface area contributed by atoms with Crippen LogP contribution in [0.2, 0.25) is 0 Å². The van der Waals surface area contributed by atoms with Crippen LogP contribution < -0.4 is 0 Å². The smallest absolute Gasteiger partial charge is 0.338 e. The third-order valence-corrected chi connectivity index (χ3v) is 3.01. The molecule has 0 unspecified atom stereocenters. The van der Waals surface area contributed by atoms with Gasteiger partial charge in [0.05, 0.1) is 0 Å². The van der Waals surface area contributed by atoms with Gasteiger partial charge in [0.25, 0.3) is 0 Å². The molecule has 0 atom stereocenters. The van der Waals surface area contributed by atoms with Crippen molar-refractivity contribution in [2.75, 3.05) is 0 Å². The summed E-state index contributed by atoms with van der Waals surface area (Å²) in [5.74, 6) is 0.369. The van der Waals surface area contributed by atoms with Gasteiger partial charge in [0.2, 0.25) is 0 Å². The van der Waals surface area contributed by atoms with Crippen molar-refractivity contribution in [2.45, 2.75) is 18.7 Å². The molecule has 76 valence electrons. The Bertz CT molecular complexity index is 418. The van der Waals surface area contributed by atoms with E-state index in [2.05, 4.69) is 0 Å². The monoisotopic (exact) mass is 212 g/mol. The normalized spacial score (nSPS) is 12.6. The molecule has 1 aromatic rings. The molecule has 0 aliphatic rings. The van der Waals surface area contributed by atoms with Gasteiger partial charge in [0, 0.05) is 0 Å². The van der Waals surface area contributed by atoms with E-state index < -0.39 is 10.1 Å². The summed E-state index contributed by atoms with van der Waals surface area (Å²) in [6.45, 7) is 3.32. The van der Waals surface area contributed by atoms with Gasteiger partial charge in [-0.05, 0) is 32.1 Å². The lowest BCUT2D eigenvalue weighted by atomic mass is 10.4. The first-order valence-corrected chi connectivity index (χ1v) is 5.59. The van der Waals surface area contributed by atoms with E-state index in [4.69, 9.17) is 4.18 Å². The molecule has 0 fully saturated rings. The van der Waals surface area contributed by atoms with Crippen LogP contribution in [0.5, 0.6) is 0 Å². The second-order valence-electron chi connectivity index (χ2n) is 2.75. The van der Waals surface area contributed by atoms with E-state index in [0.29, 0.717) is 5.76 Å². The predicted molar refractivity (Wildman–Crippen MR) is 54.1 cm³/mol. The first kappa shape index (κ1) is 10.8. The third kappa shape index (κ3) is 2.60. The van der Waals surface area contributed by atoms with Gasteiger partial charge in [0.1, 0.15) is 10.7 Å². The molecule has 0 radical (unpaired) electrons. The van der Waals surface area contributed by atoms with Crippen molar-refractivity contribution in [1.82, 2.24) is 0 Å². The Morgan fingerprint density at radius 2 is 1.86 bits per heavy atom. The zero-order valence-corrected chi connectivity index (χ0v) is 8.91. The highest BCUT2D eigenvalue weighted by Crippen LogP contribution is 2.14. The molecule has 1 aromatic carbocycles. The van der Waals surface area contributed by atoms with Gasteiger partial charge in [-0.1, -0.05) is 18.2 Å². The van der Waals surface area contributed by atoms with Crippen molar-refractivity contribution >= 4 is 10.1 Å². The maximum atomic E-state index is 11.5. The summed E-state index contributed by atoms with van der Waals surface area (Å²) in [6.07, 6.45) is 1.60. The average molecular weight is 212 g/mol. The number of rotatable bonds is 3. The molecule has 0 saturated carbocycles. The molecule has 0 amide bonds. The molecule has 0 spiro atoms. The van der Waals surface area contributed by atoms with E-state index in [9.17, 15) is 8.42 Å². The quantitative estimate of drug-likeness (QED) is 0.570. The second-order valence-corrected chi connectivity index (χ2v) is 4.30. The SMILES string of the molecule is C/C=C(\C)OS(=O)(=O)c1ccccc1. The summed E-state index contributed by atoms with van der Waals surface area (Å²) in [4.78, 5) is 0.168. The average Bonchev–Trinajstić information content (AvgIpc) is 2.18. The van der Waals surface area contributed by atoms with Crippen molar-refractivity contribution in [3.63, 3.8) is 0 Å². The van der Waals surface area contributed by atoms with Crippen LogP contribution in [-0.4, -0.2) is 8.42 Å². The van der Waals surface area contributed by atoms with E-state index in [1.54, 1.807) is 38.1 Å². The Hall–Kier alpha value is -1.29. The molecule has 3 nitrogen and oxygen atoms in total. The summed E-state index contributed by atoms with van der Waals surface area (Å²) < 4.78 is 27.9. The minimum Gasteiger partial charge on any atom is -0.384 e. The van der Waals surface area contributed by atoms with Crippen molar-refractivity contribution < 1.29 is 12.6 Å². The predicted octanol–water partition coefficient (Wildman–Crippen LogP) is 2.32. The molecule has 0 aliphatic carbocycles. The molecular weight excluding hydrogens is 200 g/mol. The first-order chi connectivity index (χ1) is 6.56. The van der Waals surface area contributed by atoms with Crippen molar-refractivity contribution in [3.8, 4) is 0 Å². The van der Waals surface area contributed by atoms with Gasteiger partial charge in [-0.25, -0.2) is 0 Å². The fourth-order valence-corrected chi connectivity index (χ4v) is 1.89. The molecule has 0 aromatic heterocycles.